The number of hydrogen-bond donors (Lipinski definition) is 0. The molecule has 0 unspecified atom stereocenters. The van der Waals surface area contributed by atoms with Gasteiger partial charge in [0, 0.05) is 5.56 Å². The van der Waals surface area contributed by atoms with E-state index in [9.17, 15) is 9.59 Å². The van der Waals surface area contributed by atoms with Crippen molar-refractivity contribution in [3.8, 4) is 11.5 Å². The standard InChI is InChI=1S/C26H26O5/c1-18-9-10-22(15-19(18)2)26(28)20(3)31-25(27)17-30-24-13-11-23(12-14-24)29-16-21-7-5-4-6-8-21/h4-15,20H,16-17H2,1-3H3/t20-/m1/s1. The fourth-order valence-corrected chi connectivity index (χ4v) is 2.93. The Kier molecular flexibility index (Phi) is 7.44. The lowest BCUT2D eigenvalue weighted by Gasteiger charge is -2.14. The van der Waals surface area contributed by atoms with Crippen molar-refractivity contribution in [2.45, 2.75) is 33.5 Å². The van der Waals surface area contributed by atoms with Crippen LogP contribution in [0.3, 0.4) is 0 Å². The maximum Gasteiger partial charge on any atom is 0.344 e. The number of ether oxygens (including phenoxy) is 3. The van der Waals surface area contributed by atoms with Crippen molar-refractivity contribution in [3.05, 3.63) is 95.1 Å². The lowest BCUT2D eigenvalue weighted by Crippen LogP contribution is -2.27. The molecule has 0 aliphatic rings. The van der Waals surface area contributed by atoms with Crippen molar-refractivity contribution in [1.82, 2.24) is 0 Å². The Morgan fingerprint density at radius 1 is 0.806 bits per heavy atom. The second-order valence-electron chi connectivity index (χ2n) is 7.33. The van der Waals surface area contributed by atoms with Crippen molar-refractivity contribution < 1.29 is 23.8 Å². The molecule has 5 nitrogen and oxygen atoms in total. The van der Waals surface area contributed by atoms with Gasteiger partial charge in [-0.1, -0.05) is 42.5 Å². The Labute approximate surface area is 182 Å². The summed E-state index contributed by atoms with van der Waals surface area (Å²) in [6, 6.07) is 22.3. The van der Waals surface area contributed by atoms with Crippen LogP contribution in [-0.4, -0.2) is 24.5 Å². The minimum atomic E-state index is -0.882. The Balaban J connectivity index is 1.45. The van der Waals surface area contributed by atoms with Gasteiger partial charge in [-0.2, -0.15) is 0 Å². The molecule has 0 N–H and O–H groups in total. The SMILES string of the molecule is Cc1ccc(C(=O)[C@@H](C)OC(=O)COc2ccc(OCc3ccccc3)cc2)cc1C. The summed E-state index contributed by atoms with van der Waals surface area (Å²) in [4.78, 5) is 24.6. The van der Waals surface area contributed by atoms with Crippen molar-refractivity contribution >= 4 is 11.8 Å². The predicted molar refractivity (Wildman–Crippen MR) is 119 cm³/mol. The van der Waals surface area contributed by atoms with E-state index in [-0.39, 0.29) is 12.4 Å². The van der Waals surface area contributed by atoms with Crippen LogP contribution in [0.25, 0.3) is 0 Å². The van der Waals surface area contributed by atoms with Crippen molar-refractivity contribution in [2.24, 2.45) is 0 Å². The summed E-state index contributed by atoms with van der Waals surface area (Å²) in [5.41, 5.74) is 3.72. The minimum Gasteiger partial charge on any atom is -0.489 e. The van der Waals surface area contributed by atoms with Gasteiger partial charge in [0.15, 0.2) is 12.7 Å². The van der Waals surface area contributed by atoms with Crippen LogP contribution in [0, 0.1) is 13.8 Å². The average molecular weight is 418 g/mol. The summed E-state index contributed by atoms with van der Waals surface area (Å²) < 4.78 is 16.4. The summed E-state index contributed by atoms with van der Waals surface area (Å²) in [6.07, 6.45) is -0.882. The molecule has 1 atom stereocenters. The van der Waals surface area contributed by atoms with E-state index in [1.54, 1.807) is 43.3 Å². The average Bonchev–Trinajstić information content (AvgIpc) is 2.79. The van der Waals surface area contributed by atoms with Crippen LogP contribution in [0.1, 0.15) is 34.0 Å². The first-order valence-electron chi connectivity index (χ1n) is 10.1. The van der Waals surface area contributed by atoms with Gasteiger partial charge in [-0.3, -0.25) is 4.79 Å². The van der Waals surface area contributed by atoms with Gasteiger partial charge in [0.2, 0.25) is 5.78 Å². The van der Waals surface area contributed by atoms with E-state index in [2.05, 4.69) is 0 Å². The van der Waals surface area contributed by atoms with Crippen LogP contribution in [0.4, 0.5) is 0 Å². The number of Topliss-reactive ketones (excluding diaryl/α,β-unsaturated/α-hetero) is 1. The monoisotopic (exact) mass is 418 g/mol. The van der Waals surface area contributed by atoms with E-state index in [1.807, 2.05) is 50.2 Å². The molecule has 0 saturated heterocycles. The Bertz CT molecular complexity index is 1030. The van der Waals surface area contributed by atoms with Crippen LogP contribution < -0.4 is 9.47 Å². The van der Waals surface area contributed by atoms with Crippen molar-refractivity contribution in [1.29, 1.82) is 0 Å². The van der Waals surface area contributed by atoms with Gasteiger partial charge in [-0.25, -0.2) is 4.79 Å². The summed E-state index contributed by atoms with van der Waals surface area (Å²) in [5, 5.41) is 0. The largest absolute Gasteiger partial charge is 0.489 e. The summed E-state index contributed by atoms with van der Waals surface area (Å²) in [5.74, 6) is 0.369. The molecule has 0 spiro atoms. The molecule has 3 rings (SSSR count). The second-order valence-corrected chi connectivity index (χ2v) is 7.33. The molecule has 0 saturated carbocycles. The first-order valence-corrected chi connectivity index (χ1v) is 10.1. The molecule has 31 heavy (non-hydrogen) atoms. The van der Waals surface area contributed by atoms with Crippen molar-refractivity contribution in [3.63, 3.8) is 0 Å². The van der Waals surface area contributed by atoms with Crippen LogP contribution in [0.2, 0.25) is 0 Å². The number of benzene rings is 3. The summed E-state index contributed by atoms with van der Waals surface area (Å²) in [6.45, 7) is 5.67. The van der Waals surface area contributed by atoms with Gasteiger partial charge >= 0.3 is 5.97 Å². The zero-order valence-electron chi connectivity index (χ0n) is 18.0. The molecule has 0 amide bonds. The number of rotatable bonds is 9. The van der Waals surface area contributed by atoms with Crippen LogP contribution in [-0.2, 0) is 16.1 Å². The van der Waals surface area contributed by atoms with Gasteiger partial charge in [0.25, 0.3) is 0 Å². The fraction of sp³-hybridized carbons (Fsp3) is 0.231. The quantitative estimate of drug-likeness (QED) is 0.358. The molecular formula is C26H26O5. The molecule has 5 heteroatoms. The molecule has 0 aliphatic heterocycles. The first kappa shape index (κ1) is 22.1. The number of hydrogen-bond acceptors (Lipinski definition) is 5. The molecule has 160 valence electrons. The van der Waals surface area contributed by atoms with Crippen molar-refractivity contribution in [2.75, 3.05) is 6.61 Å². The Hall–Kier alpha value is -3.60. The molecule has 0 aromatic heterocycles. The van der Waals surface area contributed by atoms with E-state index in [4.69, 9.17) is 14.2 Å². The van der Waals surface area contributed by atoms with Gasteiger partial charge in [0.05, 0.1) is 0 Å². The van der Waals surface area contributed by atoms with Gasteiger partial charge in [-0.15, -0.1) is 0 Å². The van der Waals surface area contributed by atoms with Gasteiger partial charge in [-0.05, 0) is 67.8 Å². The predicted octanol–water partition coefficient (Wildman–Crippen LogP) is 5.08. The van der Waals surface area contributed by atoms with E-state index >= 15 is 0 Å². The molecule has 0 fully saturated rings. The second kappa shape index (κ2) is 10.4. The zero-order chi connectivity index (χ0) is 22.2. The molecule has 0 heterocycles. The molecule has 0 bridgehead atoms. The topological polar surface area (TPSA) is 61.8 Å². The molecule has 0 radical (unpaired) electrons. The van der Waals surface area contributed by atoms with E-state index in [1.165, 1.54) is 0 Å². The summed E-state index contributed by atoms with van der Waals surface area (Å²) in [7, 11) is 0. The Morgan fingerprint density at radius 2 is 1.45 bits per heavy atom. The number of aryl methyl sites for hydroxylation is 2. The zero-order valence-corrected chi connectivity index (χ0v) is 18.0. The highest BCUT2D eigenvalue weighted by Gasteiger charge is 2.20. The third kappa shape index (κ3) is 6.44. The molecular weight excluding hydrogens is 392 g/mol. The number of carbonyl (C=O) groups is 2. The highest BCUT2D eigenvalue weighted by atomic mass is 16.6. The van der Waals surface area contributed by atoms with E-state index in [0.29, 0.717) is 23.7 Å². The summed E-state index contributed by atoms with van der Waals surface area (Å²) >= 11 is 0. The third-order valence-corrected chi connectivity index (χ3v) is 4.90. The molecule has 3 aromatic carbocycles. The van der Waals surface area contributed by atoms with E-state index in [0.717, 1.165) is 16.7 Å². The van der Waals surface area contributed by atoms with Crippen LogP contribution in [0.15, 0.2) is 72.8 Å². The maximum absolute atomic E-state index is 12.5. The highest BCUT2D eigenvalue weighted by Crippen LogP contribution is 2.19. The van der Waals surface area contributed by atoms with Crippen LogP contribution in [0.5, 0.6) is 11.5 Å². The maximum atomic E-state index is 12.5. The first-order chi connectivity index (χ1) is 14.9. The molecule has 3 aromatic rings. The minimum absolute atomic E-state index is 0.239. The molecule has 0 aliphatic carbocycles. The smallest absolute Gasteiger partial charge is 0.344 e. The number of ketones is 1. The lowest BCUT2D eigenvalue weighted by molar-refractivity contribution is -0.148. The van der Waals surface area contributed by atoms with Gasteiger partial charge in [0.1, 0.15) is 18.1 Å². The highest BCUT2D eigenvalue weighted by molar-refractivity contribution is 6.00. The number of carbonyl (C=O) groups excluding carboxylic acids is 2. The number of esters is 1. The van der Waals surface area contributed by atoms with Crippen LogP contribution >= 0.6 is 0 Å². The fourth-order valence-electron chi connectivity index (χ4n) is 2.93. The Morgan fingerprint density at radius 3 is 2.10 bits per heavy atom. The normalized spacial score (nSPS) is 11.5. The van der Waals surface area contributed by atoms with E-state index < -0.39 is 12.1 Å². The van der Waals surface area contributed by atoms with Gasteiger partial charge < -0.3 is 14.2 Å². The lowest BCUT2D eigenvalue weighted by atomic mass is 10.0. The third-order valence-electron chi connectivity index (χ3n) is 4.90.